The van der Waals surface area contributed by atoms with Crippen molar-refractivity contribution in [2.45, 2.75) is 25.0 Å². The summed E-state index contributed by atoms with van der Waals surface area (Å²) in [5, 5.41) is 8.52. The number of amides is 1. The number of carbonyl (C=O) groups is 1. The second-order valence-corrected chi connectivity index (χ2v) is 7.53. The monoisotopic (exact) mass is 375 g/mol. The van der Waals surface area contributed by atoms with E-state index in [-0.39, 0.29) is 5.91 Å². The van der Waals surface area contributed by atoms with Gasteiger partial charge in [0.15, 0.2) is 11.5 Å². The average molecular weight is 375 g/mol. The van der Waals surface area contributed by atoms with Gasteiger partial charge in [-0.15, -0.1) is 10.2 Å². The molecule has 0 radical (unpaired) electrons. The van der Waals surface area contributed by atoms with E-state index in [4.69, 9.17) is 13.9 Å². The third-order valence-corrected chi connectivity index (χ3v) is 5.33. The van der Waals surface area contributed by atoms with E-state index < -0.39 is 0 Å². The lowest BCUT2D eigenvalue weighted by molar-refractivity contribution is -0.130. The van der Waals surface area contributed by atoms with Gasteiger partial charge in [0.2, 0.25) is 11.8 Å². The van der Waals surface area contributed by atoms with Crippen molar-refractivity contribution in [3.8, 4) is 23.0 Å². The predicted octanol–water partition coefficient (Wildman–Crippen LogP) is 2.86. The zero-order chi connectivity index (χ0) is 17.9. The topological polar surface area (TPSA) is 77.7 Å². The van der Waals surface area contributed by atoms with Gasteiger partial charge in [-0.3, -0.25) is 4.79 Å². The SMILES string of the molecule is CC1CCCN(C(=O)CSc2nnc(-c3ccc4c(c3)OCCO4)o2)C1. The molecule has 0 spiro atoms. The summed E-state index contributed by atoms with van der Waals surface area (Å²) in [7, 11) is 0. The third kappa shape index (κ3) is 3.80. The van der Waals surface area contributed by atoms with Gasteiger partial charge in [0.05, 0.1) is 5.75 Å². The van der Waals surface area contributed by atoms with Crippen molar-refractivity contribution < 1.29 is 18.7 Å². The number of hydrogen-bond donors (Lipinski definition) is 0. The van der Waals surface area contributed by atoms with E-state index in [2.05, 4.69) is 17.1 Å². The Labute approximate surface area is 156 Å². The van der Waals surface area contributed by atoms with Crippen molar-refractivity contribution in [2.75, 3.05) is 32.1 Å². The fourth-order valence-corrected chi connectivity index (χ4v) is 3.86. The second-order valence-electron chi connectivity index (χ2n) is 6.61. The van der Waals surface area contributed by atoms with Gasteiger partial charge in [0, 0.05) is 18.7 Å². The Morgan fingerprint density at radius 1 is 1.27 bits per heavy atom. The molecule has 0 N–H and O–H groups in total. The maximum absolute atomic E-state index is 12.3. The quantitative estimate of drug-likeness (QED) is 0.761. The Morgan fingerprint density at radius 2 is 2.12 bits per heavy atom. The van der Waals surface area contributed by atoms with Crippen molar-refractivity contribution in [3.05, 3.63) is 18.2 Å². The van der Waals surface area contributed by atoms with Crippen LogP contribution in [0.2, 0.25) is 0 Å². The number of hydrogen-bond acceptors (Lipinski definition) is 7. The molecule has 1 amide bonds. The summed E-state index contributed by atoms with van der Waals surface area (Å²) in [5.41, 5.74) is 0.768. The first-order chi connectivity index (χ1) is 12.7. The minimum atomic E-state index is 0.126. The molecule has 1 saturated heterocycles. The van der Waals surface area contributed by atoms with Gasteiger partial charge < -0.3 is 18.8 Å². The number of thioether (sulfide) groups is 1. The van der Waals surface area contributed by atoms with Gasteiger partial charge in [0.25, 0.3) is 5.22 Å². The van der Waals surface area contributed by atoms with E-state index in [1.807, 2.05) is 23.1 Å². The largest absolute Gasteiger partial charge is 0.486 e. The van der Waals surface area contributed by atoms with E-state index in [0.29, 0.717) is 41.7 Å². The number of rotatable bonds is 4. The van der Waals surface area contributed by atoms with Crippen LogP contribution in [0.1, 0.15) is 19.8 Å². The molecule has 1 aromatic heterocycles. The molecule has 0 aliphatic carbocycles. The number of carbonyl (C=O) groups excluding carboxylic acids is 1. The molecular weight excluding hydrogens is 354 g/mol. The molecule has 26 heavy (non-hydrogen) atoms. The molecule has 2 aromatic rings. The van der Waals surface area contributed by atoms with Crippen LogP contribution in [0.15, 0.2) is 27.8 Å². The molecule has 3 heterocycles. The van der Waals surface area contributed by atoms with E-state index >= 15 is 0 Å². The molecule has 1 aromatic carbocycles. The van der Waals surface area contributed by atoms with Gasteiger partial charge in [-0.05, 0) is 37.0 Å². The Bertz CT molecular complexity index is 794. The van der Waals surface area contributed by atoms with Gasteiger partial charge in [0.1, 0.15) is 13.2 Å². The maximum Gasteiger partial charge on any atom is 0.277 e. The summed E-state index contributed by atoms with van der Waals surface area (Å²) in [6, 6.07) is 5.52. The van der Waals surface area contributed by atoms with Crippen LogP contribution < -0.4 is 9.47 Å². The highest BCUT2D eigenvalue weighted by Crippen LogP contribution is 2.34. The van der Waals surface area contributed by atoms with Crippen LogP contribution in [0.5, 0.6) is 11.5 Å². The number of likely N-dealkylation sites (tertiary alicyclic amines) is 1. The standard InChI is InChI=1S/C18H21N3O4S/c1-12-3-2-6-21(10-12)16(22)11-26-18-20-19-17(25-18)13-4-5-14-15(9-13)24-8-7-23-14/h4-5,9,12H,2-3,6-8,10-11H2,1H3. The smallest absolute Gasteiger partial charge is 0.277 e. The highest BCUT2D eigenvalue weighted by molar-refractivity contribution is 7.99. The molecular formula is C18H21N3O4S. The lowest BCUT2D eigenvalue weighted by atomic mass is 10.0. The average Bonchev–Trinajstić information content (AvgIpc) is 3.15. The summed E-state index contributed by atoms with van der Waals surface area (Å²) in [6.07, 6.45) is 2.27. The summed E-state index contributed by atoms with van der Waals surface area (Å²) in [6.45, 7) is 4.95. The normalized spacial score (nSPS) is 19.4. The van der Waals surface area contributed by atoms with Gasteiger partial charge >= 0.3 is 0 Å². The summed E-state index contributed by atoms with van der Waals surface area (Å²) in [4.78, 5) is 14.3. The molecule has 1 fully saturated rings. The van der Waals surface area contributed by atoms with Crippen molar-refractivity contribution in [2.24, 2.45) is 5.92 Å². The molecule has 4 rings (SSSR count). The third-order valence-electron chi connectivity index (χ3n) is 4.52. The number of benzene rings is 1. The molecule has 8 heteroatoms. The first-order valence-corrected chi connectivity index (χ1v) is 9.82. The Morgan fingerprint density at radius 3 is 2.96 bits per heavy atom. The van der Waals surface area contributed by atoms with Crippen molar-refractivity contribution in [1.82, 2.24) is 15.1 Å². The number of nitrogens with zero attached hydrogens (tertiary/aromatic N) is 3. The molecule has 138 valence electrons. The van der Waals surface area contributed by atoms with Crippen LogP contribution in [-0.2, 0) is 4.79 Å². The van der Waals surface area contributed by atoms with E-state index in [1.54, 1.807) is 0 Å². The lowest BCUT2D eigenvalue weighted by Gasteiger charge is -2.30. The number of fused-ring (bicyclic) bond motifs is 1. The van der Waals surface area contributed by atoms with Gasteiger partial charge in [-0.2, -0.15) is 0 Å². The molecule has 0 bridgehead atoms. The predicted molar refractivity (Wildman–Crippen MR) is 96.4 cm³/mol. The van der Waals surface area contributed by atoms with E-state index in [1.165, 1.54) is 18.2 Å². The number of ether oxygens (including phenoxy) is 2. The minimum Gasteiger partial charge on any atom is -0.486 e. The van der Waals surface area contributed by atoms with Crippen LogP contribution in [0.3, 0.4) is 0 Å². The number of piperidine rings is 1. The zero-order valence-corrected chi connectivity index (χ0v) is 15.5. The highest BCUT2D eigenvalue weighted by atomic mass is 32.2. The van der Waals surface area contributed by atoms with Crippen LogP contribution in [0.25, 0.3) is 11.5 Å². The maximum atomic E-state index is 12.3. The Balaban J connectivity index is 1.38. The Hall–Kier alpha value is -2.22. The zero-order valence-electron chi connectivity index (χ0n) is 14.6. The Kier molecular flexibility index (Phi) is 5.01. The molecule has 1 unspecified atom stereocenters. The highest BCUT2D eigenvalue weighted by Gasteiger charge is 2.22. The minimum absolute atomic E-state index is 0.126. The molecule has 0 saturated carbocycles. The second kappa shape index (κ2) is 7.57. The van der Waals surface area contributed by atoms with Crippen LogP contribution in [0.4, 0.5) is 0 Å². The fourth-order valence-electron chi connectivity index (χ4n) is 3.19. The molecule has 7 nitrogen and oxygen atoms in total. The van der Waals surface area contributed by atoms with Gasteiger partial charge in [-0.25, -0.2) is 0 Å². The number of aromatic nitrogens is 2. The summed E-state index contributed by atoms with van der Waals surface area (Å²) >= 11 is 1.28. The van der Waals surface area contributed by atoms with Crippen LogP contribution in [0, 0.1) is 5.92 Å². The molecule has 2 aliphatic rings. The van der Waals surface area contributed by atoms with Gasteiger partial charge in [-0.1, -0.05) is 18.7 Å². The van der Waals surface area contributed by atoms with Crippen molar-refractivity contribution >= 4 is 17.7 Å². The van der Waals surface area contributed by atoms with Crippen LogP contribution >= 0.6 is 11.8 Å². The summed E-state index contributed by atoms with van der Waals surface area (Å²) in [5.74, 6) is 2.81. The first-order valence-electron chi connectivity index (χ1n) is 8.83. The van der Waals surface area contributed by atoms with Crippen LogP contribution in [-0.4, -0.2) is 53.1 Å². The van der Waals surface area contributed by atoms with Crippen molar-refractivity contribution in [3.63, 3.8) is 0 Å². The van der Waals surface area contributed by atoms with E-state index in [0.717, 1.165) is 30.8 Å². The van der Waals surface area contributed by atoms with Crippen molar-refractivity contribution in [1.29, 1.82) is 0 Å². The fraction of sp³-hybridized carbons (Fsp3) is 0.500. The first kappa shape index (κ1) is 17.2. The lowest BCUT2D eigenvalue weighted by Crippen LogP contribution is -2.40. The molecule has 1 atom stereocenters. The van der Waals surface area contributed by atoms with E-state index in [9.17, 15) is 4.79 Å². The molecule has 2 aliphatic heterocycles. The summed E-state index contributed by atoms with van der Waals surface area (Å²) < 4.78 is 16.8.